The molecule has 6 nitrogen and oxygen atoms in total. The quantitative estimate of drug-likeness (QED) is 0.853. The zero-order chi connectivity index (χ0) is 20.4. The first-order valence-corrected chi connectivity index (χ1v) is 9.48. The van der Waals surface area contributed by atoms with Gasteiger partial charge in [-0.3, -0.25) is 9.63 Å². The van der Waals surface area contributed by atoms with Crippen LogP contribution in [0.15, 0.2) is 48.5 Å². The van der Waals surface area contributed by atoms with Crippen molar-refractivity contribution < 1.29 is 23.2 Å². The van der Waals surface area contributed by atoms with Crippen LogP contribution in [0.5, 0.6) is 0 Å². The van der Waals surface area contributed by atoms with Gasteiger partial charge in [0.15, 0.2) is 0 Å². The van der Waals surface area contributed by atoms with E-state index < -0.39 is 23.3 Å². The molecule has 2 aromatic rings. The smallest absolute Gasteiger partial charge is 0.321 e. The molecule has 0 aliphatic carbocycles. The minimum absolute atomic E-state index is 0.0640. The first kappa shape index (κ1) is 19.3. The van der Waals surface area contributed by atoms with Gasteiger partial charge >= 0.3 is 6.03 Å². The van der Waals surface area contributed by atoms with Gasteiger partial charge in [-0.2, -0.15) is 0 Å². The van der Waals surface area contributed by atoms with Crippen molar-refractivity contribution in [2.45, 2.75) is 31.4 Å². The first-order chi connectivity index (χ1) is 13.9. The first-order valence-electron chi connectivity index (χ1n) is 9.48. The summed E-state index contributed by atoms with van der Waals surface area (Å²) in [5.41, 5.74) is 0.444. The third-order valence-corrected chi connectivity index (χ3v) is 5.30. The molecule has 0 saturated carbocycles. The molecule has 2 fully saturated rings. The van der Waals surface area contributed by atoms with Crippen molar-refractivity contribution in [2.75, 3.05) is 18.4 Å². The Kier molecular flexibility index (Phi) is 5.19. The fraction of sp³-hybridized carbons (Fsp3) is 0.333. The predicted octanol–water partition coefficient (Wildman–Crippen LogP) is 3.70. The number of hydrogen-bond donors (Lipinski definition) is 1. The fourth-order valence-electron chi connectivity index (χ4n) is 3.76. The van der Waals surface area contributed by atoms with Crippen LogP contribution in [0.25, 0.3) is 0 Å². The van der Waals surface area contributed by atoms with Crippen LogP contribution in [-0.4, -0.2) is 40.6 Å². The summed E-state index contributed by atoms with van der Waals surface area (Å²) in [6.07, 6.45) is 1.30. The molecular formula is C21H21F2N3O3. The number of halogens is 2. The van der Waals surface area contributed by atoms with E-state index in [9.17, 15) is 18.4 Å². The molecule has 0 bridgehead atoms. The molecule has 4 rings (SSSR count). The number of benzene rings is 2. The molecule has 0 unspecified atom stereocenters. The van der Waals surface area contributed by atoms with Gasteiger partial charge in [0, 0.05) is 24.8 Å². The normalized spacial score (nSPS) is 18.3. The zero-order valence-electron chi connectivity index (χ0n) is 15.7. The second kappa shape index (κ2) is 7.79. The lowest BCUT2D eigenvalue weighted by atomic mass is 9.89. The number of amides is 3. The van der Waals surface area contributed by atoms with Crippen LogP contribution in [0.2, 0.25) is 0 Å². The predicted molar refractivity (Wildman–Crippen MR) is 102 cm³/mol. The number of urea groups is 1. The lowest BCUT2D eigenvalue weighted by Crippen LogP contribution is -2.48. The van der Waals surface area contributed by atoms with Crippen molar-refractivity contribution in [3.05, 3.63) is 65.7 Å². The van der Waals surface area contributed by atoms with Crippen LogP contribution in [0.3, 0.4) is 0 Å². The van der Waals surface area contributed by atoms with Gasteiger partial charge in [0.05, 0.1) is 13.0 Å². The highest BCUT2D eigenvalue weighted by molar-refractivity contribution is 5.89. The second-order valence-electron chi connectivity index (χ2n) is 7.44. The van der Waals surface area contributed by atoms with E-state index in [4.69, 9.17) is 4.84 Å². The summed E-state index contributed by atoms with van der Waals surface area (Å²) in [4.78, 5) is 32.4. The molecular weight excluding hydrogens is 380 g/mol. The summed E-state index contributed by atoms with van der Waals surface area (Å²) in [6, 6.07) is 12.0. The zero-order valence-corrected chi connectivity index (χ0v) is 15.7. The van der Waals surface area contributed by atoms with Gasteiger partial charge in [0.25, 0.3) is 0 Å². The van der Waals surface area contributed by atoms with E-state index in [0.29, 0.717) is 32.5 Å². The Balaban J connectivity index is 1.34. The highest BCUT2D eigenvalue weighted by Gasteiger charge is 2.47. The summed E-state index contributed by atoms with van der Waals surface area (Å²) in [5, 5.41) is 3.91. The Morgan fingerprint density at radius 1 is 1.07 bits per heavy atom. The van der Waals surface area contributed by atoms with Gasteiger partial charge in [-0.25, -0.2) is 18.6 Å². The maximum absolute atomic E-state index is 13.3. The van der Waals surface area contributed by atoms with Gasteiger partial charge < -0.3 is 10.2 Å². The molecule has 0 atom stereocenters. The summed E-state index contributed by atoms with van der Waals surface area (Å²) in [5.74, 6) is -1.58. The molecule has 152 valence electrons. The molecule has 2 aromatic carbocycles. The van der Waals surface area contributed by atoms with Gasteiger partial charge in [-0.05, 0) is 30.5 Å². The van der Waals surface area contributed by atoms with Gasteiger partial charge in [0.1, 0.15) is 17.2 Å². The molecule has 2 aliphatic rings. The van der Waals surface area contributed by atoms with E-state index in [2.05, 4.69) is 5.32 Å². The highest BCUT2D eigenvalue weighted by Crippen LogP contribution is 2.37. The Labute approximate surface area is 167 Å². The summed E-state index contributed by atoms with van der Waals surface area (Å²) in [6.45, 7) is 1.16. The van der Waals surface area contributed by atoms with E-state index in [1.54, 1.807) is 4.90 Å². The van der Waals surface area contributed by atoms with Gasteiger partial charge in [-0.15, -0.1) is 0 Å². The molecule has 8 heteroatoms. The molecule has 29 heavy (non-hydrogen) atoms. The van der Waals surface area contributed by atoms with E-state index in [1.165, 1.54) is 5.06 Å². The molecule has 2 aliphatic heterocycles. The molecule has 2 heterocycles. The van der Waals surface area contributed by atoms with Crippen molar-refractivity contribution in [1.82, 2.24) is 9.96 Å². The van der Waals surface area contributed by atoms with Crippen molar-refractivity contribution in [2.24, 2.45) is 0 Å². The van der Waals surface area contributed by atoms with Crippen molar-refractivity contribution in [1.29, 1.82) is 0 Å². The van der Waals surface area contributed by atoms with Gasteiger partial charge in [0.2, 0.25) is 5.91 Å². The van der Waals surface area contributed by atoms with E-state index >= 15 is 0 Å². The maximum Gasteiger partial charge on any atom is 0.321 e. The lowest BCUT2D eigenvalue weighted by molar-refractivity contribution is -0.212. The average Bonchev–Trinajstić information content (AvgIpc) is 2.97. The number of likely N-dealkylation sites (tertiary alicyclic amines) is 1. The van der Waals surface area contributed by atoms with Crippen LogP contribution in [0.4, 0.5) is 19.3 Å². The Morgan fingerprint density at radius 2 is 1.72 bits per heavy atom. The maximum atomic E-state index is 13.3. The van der Waals surface area contributed by atoms with Crippen molar-refractivity contribution in [3.8, 4) is 0 Å². The third kappa shape index (κ3) is 4.37. The standard InChI is InChI=1S/C21H21F2N3O3/c22-16-10-17(23)12-18(11-16)24-20(28)25-8-6-21(7-9-25)13-19(27)26(29-21)14-15-4-2-1-3-5-15/h1-5,10-12H,6-9,13-14H2,(H,24,28). The number of carbonyl (C=O) groups is 2. The van der Waals surface area contributed by atoms with Gasteiger partial charge in [-0.1, -0.05) is 30.3 Å². The number of hydrogen-bond acceptors (Lipinski definition) is 3. The number of piperidine rings is 1. The van der Waals surface area contributed by atoms with E-state index in [-0.39, 0.29) is 18.0 Å². The molecule has 0 radical (unpaired) electrons. The van der Waals surface area contributed by atoms with E-state index in [1.807, 2.05) is 30.3 Å². The Morgan fingerprint density at radius 3 is 2.38 bits per heavy atom. The van der Waals surface area contributed by atoms with Crippen LogP contribution in [-0.2, 0) is 16.2 Å². The second-order valence-corrected chi connectivity index (χ2v) is 7.44. The van der Waals surface area contributed by atoms with E-state index in [0.717, 1.165) is 23.8 Å². The van der Waals surface area contributed by atoms with Crippen molar-refractivity contribution in [3.63, 3.8) is 0 Å². The SMILES string of the molecule is O=C(Nc1cc(F)cc(F)c1)N1CCC2(CC1)CC(=O)N(Cc1ccccc1)O2. The summed E-state index contributed by atoms with van der Waals surface area (Å²) in [7, 11) is 0. The Bertz CT molecular complexity index is 894. The van der Waals surface area contributed by atoms with Crippen LogP contribution in [0, 0.1) is 11.6 Å². The highest BCUT2D eigenvalue weighted by atomic mass is 19.1. The number of rotatable bonds is 3. The number of hydroxylamine groups is 2. The molecule has 0 aromatic heterocycles. The molecule has 3 amide bonds. The third-order valence-electron chi connectivity index (χ3n) is 5.30. The van der Waals surface area contributed by atoms with Crippen molar-refractivity contribution >= 4 is 17.6 Å². The monoisotopic (exact) mass is 401 g/mol. The summed E-state index contributed by atoms with van der Waals surface area (Å²) >= 11 is 0. The number of nitrogens with one attached hydrogen (secondary N) is 1. The topological polar surface area (TPSA) is 61.9 Å². The fourth-order valence-corrected chi connectivity index (χ4v) is 3.76. The lowest BCUT2D eigenvalue weighted by Gasteiger charge is -2.37. The van der Waals surface area contributed by atoms with Crippen LogP contribution < -0.4 is 5.32 Å². The minimum atomic E-state index is -0.755. The number of nitrogens with zero attached hydrogens (tertiary/aromatic N) is 2. The number of carbonyl (C=O) groups excluding carboxylic acids is 2. The molecule has 1 spiro atoms. The van der Waals surface area contributed by atoms with Crippen LogP contribution >= 0.6 is 0 Å². The largest absolute Gasteiger partial charge is 0.324 e. The average molecular weight is 401 g/mol. The summed E-state index contributed by atoms with van der Waals surface area (Å²) < 4.78 is 26.6. The number of anilines is 1. The minimum Gasteiger partial charge on any atom is -0.324 e. The molecule has 1 N–H and O–H groups in total. The Hall–Kier alpha value is -3.00. The molecule has 2 saturated heterocycles. The van der Waals surface area contributed by atoms with Crippen LogP contribution in [0.1, 0.15) is 24.8 Å².